The molecule has 0 unspecified atom stereocenters. The maximum Gasteiger partial charge on any atom is 0.258 e. The van der Waals surface area contributed by atoms with Crippen molar-refractivity contribution in [1.82, 2.24) is 14.8 Å². The number of hydrogen-bond acceptors (Lipinski definition) is 4. The van der Waals surface area contributed by atoms with E-state index in [9.17, 15) is 4.79 Å². The largest absolute Gasteiger partial charge is 0.324 e. The zero-order chi connectivity index (χ0) is 22.9. The van der Waals surface area contributed by atoms with E-state index in [2.05, 4.69) is 20.7 Å². The minimum atomic E-state index is -0.330. The van der Waals surface area contributed by atoms with E-state index in [1.807, 2.05) is 54.6 Å². The van der Waals surface area contributed by atoms with Gasteiger partial charge in [0.25, 0.3) is 11.9 Å². The molecule has 0 fully saturated rings. The van der Waals surface area contributed by atoms with Gasteiger partial charge < -0.3 is 5.32 Å². The number of allylic oxidation sites excluding steroid dienone is 1. The minimum Gasteiger partial charge on any atom is -0.324 e. The van der Waals surface area contributed by atoms with Gasteiger partial charge in [0.15, 0.2) is 0 Å². The third kappa shape index (κ3) is 4.59. The molecule has 0 spiro atoms. The number of rotatable bonds is 4. The summed E-state index contributed by atoms with van der Waals surface area (Å²) in [6.07, 6.45) is 2.04. The van der Waals surface area contributed by atoms with Crippen LogP contribution < -0.4 is 10.6 Å². The molecule has 164 valence electrons. The first-order valence-corrected chi connectivity index (χ1v) is 11.1. The van der Waals surface area contributed by atoms with Crippen molar-refractivity contribution in [2.75, 3.05) is 10.6 Å². The van der Waals surface area contributed by atoms with Gasteiger partial charge in [-0.05, 0) is 65.7 Å². The van der Waals surface area contributed by atoms with Crippen molar-refractivity contribution in [3.05, 3.63) is 111 Å². The zero-order valence-corrected chi connectivity index (χ0v) is 19.2. The number of aromatic nitrogens is 3. The van der Waals surface area contributed by atoms with E-state index in [0.29, 0.717) is 26.6 Å². The highest BCUT2D eigenvalue weighted by Crippen LogP contribution is 2.34. The molecule has 2 heterocycles. The molecule has 1 aromatic heterocycles. The maximum absolute atomic E-state index is 12.6. The molecule has 2 N–H and O–H groups in total. The van der Waals surface area contributed by atoms with E-state index in [0.717, 1.165) is 16.8 Å². The van der Waals surface area contributed by atoms with Crippen molar-refractivity contribution in [1.29, 1.82) is 0 Å². The maximum atomic E-state index is 12.6. The Balaban J connectivity index is 1.50. The third-order valence-electron chi connectivity index (χ3n) is 5.16. The lowest BCUT2D eigenvalue weighted by molar-refractivity contribution is 0.102. The summed E-state index contributed by atoms with van der Waals surface area (Å²) in [5.41, 5.74) is 3.21. The summed E-state index contributed by atoms with van der Waals surface area (Å²) in [4.78, 5) is 17.2. The number of carbonyl (C=O) groups excluding carboxylic acids is 1. The van der Waals surface area contributed by atoms with Gasteiger partial charge in [-0.2, -0.15) is 4.98 Å². The average Bonchev–Trinajstić information content (AvgIpc) is 3.22. The van der Waals surface area contributed by atoms with Gasteiger partial charge in [-0.1, -0.05) is 59.1 Å². The Bertz CT molecular complexity index is 1350. The molecule has 33 heavy (non-hydrogen) atoms. The predicted molar refractivity (Wildman–Crippen MR) is 132 cm³/mol. The number of carbonyl (C=O) groups is 1. The molecule has 1 aliphatic rings. The highest BCUT2D eigenvalue weighted by Gasteiger charge is 2.26. The van der Waals surface area contributed by atoms with Crippen molar-refractivity contribution in [3.8, 4) is 0 Å². The molecule has 9 heteroatoms. The number of amides is 1. The molecule has 0 saturated heterocycles. The summed E-state index contributed by atoms with van der Waals surface area (Å²) < 4.78 is 1.72. The van der Waals surface area contributed by atoms with Gasteiger partial charge in [0.05, 0.1) is 0 Å². The fraction of sp³-hybridized carbons (Fsp3) is 0.0417. The van der Waals surface area contributed by atoms with Crippen LogP contribution in [-0.2, 0) is 0 Å². The fourth-order valence-corrected chi connectivity index (χ4v) is 3.89. The second-order valence-corrected chi connectivity index (χ2v) is 8.68. The van der Waals surface area contributed by atoms with Gasteiger partial charge in [0.1, 0.15) is 6.04 Å². The Morgan fingerprint density at radius 3 is 2.06 bits per heavy atom. The summed E-state index contributed by atoms with van der Waals surface area (Å²) in [6, 6.07) is 21.4. The van der Waals surface area contributed by atoms with Crippen LogP contribution in [0.15, 0.2) is 78.9 Å². The van der Waals surface area contributed by atoms with Crippen molar-refractivity contribution in [3.63, 3.8) is 0 Å². The number of nitrogens with one attached hydrogen (secondary N) is 2. The Labute approximate surface area is 204 Å². The first-order valence-electron chi connectivity index (χ1n) is 10.00. The summed E-state index contributed by atoms with van der Waals surface area (Å²) in [7, 11) is 0. The van der Waals surface area contributed by atoms with E-state index in [4.69, 9.17) is 34.8 Å². The van der Waals surface area contributed by atoms with Gasteiger partial charge in [-0.15, -0.1) is 5.10 Å². The number of fused-ring (bicyclic) bond motifs is 1. The molecule has 3 aromatic carbocycles. The number of nitrogens with zero attached hydrogens (tertiary/aromatic N) is 3. The lowest BCUT2D eigenvalue weighted by Crippen LogP contribution is -2.20. The van der Waals surface area contributed by atoms with Gasteiger partial charge in [-0.3, -0.25) is 10.1 Å². The molecule has 0 radical (unpaired) electrons. The van der Waals surface area contributed by atoms with Crippen LogP contribution in [0.1, 0.15) is 27.5 Å². The summed E-state index contributed by atoms with van der Waals surface area (Å²) in [6.45, 7) is 0. The normalized spacial score (nSPS) is 14.8. The van der Waals surface area contributed by atoms with E-state index in [1.54, 1.807) is 28.9 Å². The molecule has 6 nitrogen and oxygen atoms in total. The molecule has 0 aliphatic carbocycles. The molecule has 0 saturated carbocycles. The number of halogens is 3. The Morgan fingerprint density at radius 1 is 0.848 bits per heavy atom. The number of benzene rings is 3. The molecule has 4 aromatic rings. The van der Waals surface area contributed by atoms with Crippen LogP contribution in [0.3, 0.4) is 0 Å². The van der Waals surface area contributed by atoms with Crippen LogP contribution in [-0.4, -0.2) is 20.7 Å². The topological polar surface area (TPSA) is 71.8 Å². The molecule has 5 rings (SSSR count). The minimum absolute atomic E-state index is 0.183. The lowest BCUT2D eigenvalue weighted by atomic mass is 10.0. The van der Waals surface area contributed by atoms with Crippen molar-refractivity contribution in [2.45, 2.75) is 6.04 Å². The van der Waals surface area contributed by atoms with Crippen molar-refractivity contribution >= 4 is 58.3 Å². The van der Waals surface area contributed by atoms with E-state index in [-0.39, 0.29) is 17.9 Å². The zero-order valence-electron chi connectivity index (χ0n) is 17.0. The van der Waals surface area contributed by atoms with Crippen molar-refractivity contribution < 1.29 is 4.79 Å². The molecular weight excluding hydrogens is 481 g/mol. The second kappa shape index (κ2) is 8.90. The van der Waals surface area contributed by atoms with E-state index in [1.165, 1.54) is 0 Å². The van der Waals surface area contributed by atoms with E-state index >= 15 is 0 Å². The van der Waals surface area contributed by atoms with Crippen LogP contribution in [0.2, 0.25) is 15.1 Å². The van der Waals surface area contributed by atoms with Crippen molar-refractivity contribution in [2.24, 2.45) is 0 Å². The van der Waals surface area contributed by atoms with Crippen LogP contribution in [0.25, 0.3) is 5.70 Å². The number of anilines is 2. The smallest absolute Gasteiger partial charge is 0.258 e. The quantitative estimate of drug-likeness (QED) is 0.336. The van der Waals surface area contributed by atoms with Gasteiger partial charge in [0.2, 0.25) is 5.95 Å². The van der Waals surface area contributed by atoms with Crippen LogP contribution in [0, 0.1) is 0 Å². The lowest BCUT2D eigenvalue weighted by Gasteiger charge is -2.24. The van der Waals surface area contributed by atoms with E-state index < -0.39 is 0 Å². The SMILES string of the molecule is O=C(Nc1nc2n(n1)[C@@H](c1ccc(Cl)cc1)C=C(c1ccc(Cl)cc1)N2)c1ccc(Cl)cc1. The third-order valence-corrected chi connectivity index (χ3v) is 5.92. The predicted octanol–water partition coefficient (Wildman–Crippen LogP) is 6.55. The molecule has 0 bridgehead atoms. The summed E-state index contributed by atoms with van der Waals surface area (Å²) in [5.74, 6) is 0.347. The highest BCUT2D eigenvalue weighted by atomic mass is 35.5. The Kier molecular flexibility index (Phi) is 5.81. The Morgan fingerprint density at radius 2 is 1.42 bits per heavy atom. The fourth-order valence-electron chi connectivity index (χ4n) is 3.52. The molecule has 1 aliphatic heterocycles. The van der Waals surface area contributed by atoms with Gasteiger partial charge in [-0.25, -0.2) is 4.68 Å². The molecule has 1 amide bonds. The molecule has 1 atom stereocenters. The second-order valence-electron chi connectivity index (χ2n) is 7.37. The first-order chi connectivity index (χ1) is 16.0. The summed E-state index contributed by atoms with van der Waals surface area (Å²) >= 11 is 18.1. The average molecular weight is 497 g/mol. The standard InChI is InChI=1S/C24H16Cl3N5O/c25-17-7-1-14(2-8-17)20-13-21(15-3-9-18(26)10-4-15)32-24(28-20)30-23(31-32)29-22(33)16-5-11-19(27)12-6-16/h1-13,21H,(H2,28,29,30,31,33)/t21-/m1/s1. The highest BCUT2D eigenvalue weighted by molar-refractivity contribution is 6.31. The van der Waals surface area contributed by atoms with Crippen LogP contribution in [0.5, 0.6) is 0 Å². The Hall–Kier alpha value is -3.32. The molecular formula is C24H16Cl3N5O. The van der Waals surface area contributed by atoms with Gasteiger partial charge in [0, 0.05) is 26.3 Å². The monoisotopic (exact) mass is 495 g/mol. The van der Waals surface area contributed by atoms with Gasteiger partial charge >= 0.3 is 0 Å². The first kappa shape index (κ1) is 21.5. The summed E-state index contributed by atoms with van der Waals surface area (Å²) in [5, 5.41) is 12.4. The number of hydrogen-bond donors (Lipinski definition) is 2. The van der Waals surface area contributed by atoms with Crippen LogP contribution >= 0.6 is 34.8 Å². The van der Waals surface area contributed by atoms with Crippen LogP contribution in [0.4, 0.5) is 11.9 Å².